The van der Waals surface area contributed by atoms with Crippen LogP contribution < -0.4 is 10.1 Å². The molecule has 0 aromatic heterocycles. The summed E-state index contributed by atoms with van der Waals surface area (Å²) < 4.78 is 5.92. The Morgan fingerprint density at radius 1 is 1.09 bits per heavy atom. The molecule has 8 heteroatoms. The summed E-state index contributed by atoms with van der Waals surface area (Å²) in [5.41, 5.74) is 1.15. The first-order valence-corrected chi connectivity index (χ1v) is 12.3. The quantitative estimate of drug-likeness (QED) is 0.588. The Morgan fingerprint density at radius 2 is 1.91 bits per heavy atom. The van der Waals surface area contributed by atoms with Gasteiger partial charge in [-0.3, -0.25) is 0 Å². The highest BCUT2D eigenvalue weighted by molar-refractivity contribution is 6.30. The van der Waals surface area contributed by atoms with Crippen LogP contribution in [0, 0.1) is 0 Å². The van der Waals surface area contributed by atoms with Crippen LogP contribution in [0.15, 0.2) is 54.6 Å². The molecule has 0 radical (unpaired) electrons. The van der Waals surface area contributed by atoms with E-state index < -0.39 is 0 Å². The third-order valence-corrected chi connectivity index (χ3v) is 6.43. The van der Waals surface area contributed by atoms with E-state index in [9.17, 15) is 4.79 Å². The summed E-state index contributed by atoms with van der Waals surface area (Å²) in [5.74, 6) is 0.822. The molecule has 2 aliphatic heterocycles. The average molecular weight is 472 g/mol. The van der Waals surface area contributed by atoms with E-state index in [0.717, 1.165) is 48.8 Å². The van der Waals surface area contributed by atoms with Crippen LogP contribution >= 0.6 is 11.6 Å². The van der Waals surface area contributed by atoms with Crippen molar-refractivity contribution in [1.82, 2.24) is 25.4 Å². The number of urea groups is 1. The van der Waals surface area contributed by atoms with Gasteiger partial charge in [0, 0.05) is 31.2 Å². The van der Waals surface area contributed by atoms with Crippen LogP contribution in [-0.2, 0) is 0 Å². The van der Waals surface area contributed by atoms with E-state index in [1.165, 1.54) is 0 Å². The van der Waals surface area contributed by atoms with Crippen molar-refractivity contribution >= 4 is 17.6 Å². The molecule has 2 fully saturated rings. The summed E-state index contributed by atoms with van der Waals surface area (Å²) in [7, 11) is 0. The molecule has 0 saturated carbocycles. The monoisotopic (exact) mass is 471 g/mol. The van der Waals surface area contributed by atoms with E-state index in [1.54, 1.807) is 0 Å². The van der Waals surface area contributed by atoms with Crippen molar-refractivity contribution in [2.75, 3.05) is 39.3 Å². The molecule has 2 saturated heterocycles. The predicted molar refractivity (Wildman–Crippen MR) is 131 cm³/mol. The van der Waals surface area contributed by atoms with Crippen LogP contribution in [0.3, 0.4) is 0 Å². The van der Waals surface area contributed by atoms with Crippen molar-refractivity contribution < 1.29 is 9.53 Å². The van der Waals surface area contributed by atoms with Gasteiger partial charge in [-0.1, -0.05) is 55.8 Å². The first-order valence-electron chi connectivity index (χ1n) is 11.9. The normalized spacial score (nSPS) is 22.2. The third kappa shape index (κ3) is 5.27. The van der Waals surface area contributed by atoms with Crippen molar-refractivity contribution in [3.8, 4) is 5.75 Å². The molecular weight excluding hydrogens is 438 g/mol. The lowest BCUT2D eigenvalue weighted by Gasteiger charge is -2.46. The molecule has 33 heavy (non-hydrogen) atoms. The smallest absolute Gasteiger partial charge is 0.337 e. The number of ether oxygens (including phenoxy) is 1. The maximum atomic E-state index is 13.5. The minimum Gasteiger partial charge on any atom is -0.492 e. The molecule has 178 valence electrons. The van der Waals surface area contributed by atoms with Gasteiger partial charge in [-0.15, -0.1) is 5.12 Å². The van der Waals surface area contributed by atoms with Crippen molar-refractivity contribution in [3.05, 3.63) is 65.2 Å². The van der Waals surface area contributed by atoms with Crippen molar-refractivity contribution in [2.45, 2.75) is 38.9 Å². The van der Waals surface area contributed by atoms with Gasteiger partial charge in [-0.25, -0.2) is 14.8 Å². The Balaban J connectivity index is 1.56. The number of hydrogen-bond donors (Lipinski definition) is 1. The number of halogens is 1. The summed E-state index contributed by atoms with van der Waals surface area (Å²) in [6.07, 6.45) is 1.66. The molecule has 2 heterocycles. The van der Waals surface area contributed by atoms with Crippen molar-refractivity contribution in [2.24, 2.45) is 0 Å². The standard InChI is InChI=1S/C25H34ClN5O2/c1-3-14-30-25(32)28(16-17-33-22-11-6-5-7-12-22)24(4-2)31(30)29-15-13-27-19-23(29)20-9-8-10-21(26)18-20/h5-12,18,23-24,27H,3-4,13-17,19H2,1-2H3. The second kappa shape index (κ2) is 11.2. The molecule has 2 aromatic rings. The molecule has 2 aromatic carbocycles. The highest BCUT2D eigenvalue weighted by Crippen LogP contribution is 2.33. The average Bonchev–Trinajstić information content (AvgIpc) is 3.10. The molecule has 2 amide bonds. The van der Waals surface area contributed by atoms with Crippen molar-refractivity contribution in [3.63, 3.8) is 0 Å². The first kappa shape index (κ1) is 23.8. The number of benzene rings is 2. The van der Waals surface area contributed by atoms with Gasteiger partial charge in [0.15, 0.2) is 0 Å². The Morgan fingerprint density at radius 3 is 2.64 bits per heavy atom. The second-order valence-electron chi connectivity index (χ2n) is 8.41. The number of nitrogens with zero attached hydrogens (tertiary/aromatic N) is 4. The number of carbonyl (C=O) groups excluding carboxylic acids is 1. The number of amides is 2. The maximum Gasteiger partial charge on any atom is 0.337 e. The summed E-state index contributed by atoms with van der Waals surface area (Å²) >= 11 is 6.32. The predicted octanol–water partition coefficient (Wildman–Crippen LogP) is 4.38. The number of hydrogen-bond acceptors (Lipinski definition) is 5. The highest BCUT2D eigenvalue weighted by Gasteiger charge is 2.47. The Hall–Kier alpha value is -2.32. The molecule has 2 aliphatic rings. The summed E-state index contributed by atoms with van der Waals surface area (Å²) in [6, 6.07) is 17.9. The maximum absolute atomic E-state index is 13.5. The molecule has 1 N–H and O–H groups in total. The SMILES string of the molecule is CCCN1C(=O)N(CCOc2ccccc2)C(CC)N1N1CCNCC1c1cccc(Cl)c1. The highest BCUT2D eigenvalue weighted by atomic mass is 35.5. The summed E-state index contributed by atoms with van der Waals surface area (Å²) in [5, 5.41) is 10.7. The lowest BCUT2D eigenvalue weighted by atomic mass is 10.0. The fraction of sp³-hybridized carbons (Fsp3) is 0.480. The Labute approximate surface area is 201 Å². The van der Waals surface area contributed by atoms with Gasteiger partial charge in [0.25, 0.3) is 0 Å². The van der Waals surface area contributed by atoms with Gasteiger partial charge in [0.1, 0.15) is 18.5 Å². The molecule has 0 bridgehead atoms. The second-order valence-corrected chi connectivity index (χ2v) is 8.84. The van der Waals surface area contributed by atoms with E-state index in [2.05, 4.69) is 35.4 Å². The van der Waals surface area contributed by atoms with Crippen LogP contribution in [0.25, 0.3) is 0 Å². The first-order chi connectivity index (χ1) is 16.1. The van der Waals surface area contributed by atoms with Gasteiger partial charge >= 0.3 is 6.03 Å². The largest absolute Gasteiger partial charge is 0.492 e. The molecule has 0 spiro atoms. The van der Waals surface area contributed by atoms with Gasteiger partial charge < -0.3 is 15.0 Å². The van der Waals surface area contributed by atoms with Gasteiger partial charge in [-0.05, 0) is 42.7 Å². The molecule has 2 atom stereocenters. The number of piperazine rings is 1. The molecule has 0 aliphatic carbocycles. The Kier molecular flexibility index (Phi) is 8.09. The van der Waals surface area contributed by atoms with Crippen molar-refractivity contribution in [1.29, 1.82) is 0 Å². The number of carbonyl (C=O) groups is 1. The van der Waals surface area contributed by atoms with Crippen LogP contribution in [-0.4, -0.2) is 71.6 Å². The third-order valence-electron chi connectivity index (χ3n) is 6.20. The van der Waals surface area contributed by atoms with E-state index in [0.29, 0.717) is 19.7 Å². The van der Waals surface area contributed by atoms with Crippen LogP contribution in [0.1, 0.15) is 38.3 Å². The minimum absolute atomic E-state index is 0.0451. The fourth-order valence-corrected chi connectivity index (χ4v) is 4.92. The molecule has 2 unspecified atom stereocenters. The lowest BCUT2D eigenvalue weighted by Crippen LogP contribution is -2.60. The zero-order chi connectivity index (χ0) is 23.2. The van der Waals surface area contributed by atoms with Gasteiger partial charge in [0.05, 0.1) is 12.6 Å². The number of rotatable bonds is 9. The van der Waals surface area contributed by atoms with Gasteiger partial charge in [-0.2, -0.15) is 0 Å². The molecule has 7 nitrogen and oxygen atoms in total. The molecule has 4 rings (SSSR count). The summed E-state index contributed by atoms with van der Waals surface area (Å²) in [6.45, 7) is 8.42. The van der Waals surface area contributed by atoms with Crippen LogP contribution in [0.4, 0.5) is 4.79 Å². The van der Waals surface area contributed by atoms with Gasteiger partial charge in [0.2, 0.25) is 0 Å². The van der Waals surface area contributed by atoms with E-state index >= 15 is 0 Å². The van der Waals surface area contributed by atoms with E-state index in [4.69, 9.17) is 16.3 Å². The topological polar surface area (TPSA) is 51.3 Å². The number of hydrazine groups is 2. The number of nitrogens with one attached hydrogen (secondary N) is 1. The van der Waals surface area contributed by atoms with E-state index in [1.807, 2.05) is 58.4 Å². The zero-order valence-corrected chi connectivity index (χ0v) is 20.2. The molecular formula is C25H34ClN5O2. The van der Waals surface area contributed by atoms with Crippen LogP contribution in [0.2, 0.25) is 5.02 Å². The van der Waals surface area contributed by atoms with E-state index in [-0.39, 0.29) is 18.2 Å². The zero-order valence-electron chi connectivity index (χ0n) is 19.5. The number of para-hydroxylation sites is 1. The van der Waals surface area contributed by atoms with Crippen LogP contribution in [0.5, 0.6) is 5.75 Å². The Bertz CT molecular complexity index is 915. The fourth-order valence-electron chi connectivity index (χ4n) is 4.72. The summed E-state index contributed by atoms with van der Waals surface area (Å²) in [4.78, 5) is 15.5. The minimum atomic E-state index is -0.0526. The lowest BCUT2D eigenvalue weighted by molar-refractivity contribution is -0.200.